The molecule has 0 saturated heterocycles. The lowest BCUT2D eigenvalue weighted by molar-refractivity contribution is 0.678. The summed E-state index contributed by atoms with van der Waals surface area (Å²) < 4.78 is 0. The molecular weight excluding hydrogens is 228 g/mol. The summed E-state index contributed by atoms with van der Waals surface area (Å²) in [5.74, 6) is 0. The van der Waals surface area contributed by atoms with Crippen LogP contribution in [0, 0.1) is 6.92 Å². The van der Waals surface area contributed by atoms with Gasteiger partial charge in [-0.05, 0) is 25.3 Å². The first kappa shape index (κ1) is 10.9. The zero-order valence-corrected chi connectivity index (χ0v) is 10.8. The van der Waals surface area contributed by atoms with Crippen LogP contribution in [0.1, 0.15) is 24.1 Å². The maximum Gasteiger partial charge on any atom is 0.123 e. The molecule has 1 aromatic carbocycles. The predicted octanol–water partition coefficient (Wildman–Crippen LogP) is 3.37. The van der Waals surface area contributed by atoms with Crippen molar-refractivity contribution in [2.24, 2.45) is 0 Å². The van der Waals surface area contributed by atoms with E-state index in [2.05, 4.69) is 41.9 Å². The van der Waals surface area contributed by atoms with Crippen LogP contribution in [0.4, 0.5) is 0 Å². The third kappa shape index (κ3) is 2.56. The number of aryl methyl sites for hydroxylation is 1. The van der Waals surface area contributed by atoms with E-state index in [1.807, 2.05) is 0 Å². The first-order valence-corrected chi connectivity index (χ1v) is 6.94. The minimum Gasteiger partial charge on any atom is -0.308 e. The molecule has 1 saturated carbocycles. The Bertz CT molecular complexity index is 514. The number of hydrogen-bond donors (Lipinski definition) is 1. The van der Waals surface area contributed by atoms with E-state index in [4.69, 9.17) is 4.98 Å². The molecule has 1 aliphatic rings. The molecule has 1 fully saturated rings. The lowest BCUT2D eigenvalue weighted by Gasteiger charge is -2.01. The van der Waals surface area contributed by atoms with Crippen molar-refractivity contribution in [3.05, 3.63) is 40.9 Å². The van der Waals surface area contributed by atoms with Crippen molar-refractivity contribution in [3.63, 3.8) is 0 Å². The van der Waals surface area contributed by atoms with Gasteiger partial charge in [-0.1, -0.05) is 24.3 Å². The van der Waals surface area contributed by atoms with Crippen LogP contribution in [-0.4, -0.2) is 11.0 Å². The summed E-state index contributed by atoms with van der Waals surface area (Å²) in [5, 5.41) is 6.80. The number of rotatable bonds is 4. The molecule has 1 heterocycles. The number of hydrogen-bond acceptors (Lipinski definition) is 3. The SMILES string of the molecule is Cc1ccccc1-c1nc(CNC2CC2)cs1. The van der Waals surface area contributed by atoms with Gasteiger partial charge in [0.25, 0.3) is 0 Å². The fourth-order valence-corrected chi connectivity index (χ4v) is 2.77. The van der Waals surface area contributed by atoms with E-state index in [1.165, 1.54) is 29.7 Å². The Morgan fingerprint density at radius 3 is 2.94 bits per heavy atom. The zero-order valence-electron chi connectivity index (χ0n) is 9.94. The first-order valence-electron chi connectivity index (χ1n) is 6.07. The Balaban J connectivity index is 1.77. The highest BCUT2D eigenvalue weighted by Gasteiger charge is 2.20. The lowest BCUT2D eigenvalue weighted by Crippen LogP contribution is -2.15. The average molecular weight is 244 g/mol. The van der Waals surface area contributed by atoms with E-state index in [0.717, 1.165) is 17.6 Å². The molecule has 1 N–H and O–H groups in total. The Labute approximate surface area is 106 Å². The highest BCUT2D eigenvalue weighted by atomic mass is 32.1. The van der Waals surface area contributed by atoms with E-state index in [1.54, 1.807) is 11.3 Å². The van der Waals surface area contributed by atoms with Gasteiger partial charge in [-0.2, -0.15) is 0 Å². The Morgan fingerprint density at radius 1 is 1.35 bits per heavy atom. The van der Waals surface area contributed by atoms with Gasteiger partial charge in [0.15, 0.2) is 0 Å². The standard InChI is InChI=1S/C14H16N2S/c1-10-4-2-3-5-13(10)14-16-12(9-17-14)8-15-11-6-7-11/h2-5,9,11,15H,6-8H2,1H3. The van der Waals surface area contributed by atoms with Crippen LogP contribution in [0.2, 0.25) is 0 Å². The second-order valence-corrected chi connectivity index (χ2v) is 5.47. The lowest BCUT2D eigenvalue weighted by atomic mass is 10.1. The van der Waals surface area contributed by atoms with E-state index < -0.39 is 0 Å². The Morgan fingerprint density at radius 2 is 2.18 bits per heavy atom. The van der Waals surface area contributed by atoms with Crippen LogP contribution in [-0.2, 0) is 6.54 Å². The van der Waals surface area contributed by atoms with Crippen molar-refractivity contribution >= 4 is 11.3 Å². The topological polar surface area (TPSA) is 24.9 Å². The van der Waals surface area contributed by atoms with Gasteiger partial charge in [0, 0.05) is 23.5 Å². The van der Waals surface area contributed by atoms with Gasteiger partial charge in [-0.25, -0.2) is 4.98 Å². The third-order valence-corrected chi connectivity index (χ3v) is 4.00. The van der Waals surface area contributed by atoms with Gasteiger partial charge in [-0.15, -0.1) is 11.3 Å². The second-order valence-electron chi connectivity index (χ2n) is 4.61. The molecule has 0 atom stereocenters. The Kier molecular flexibility index (Phi) is 2.95. The summed E-state index contributed by atoms with van der Waals surface area (Å²) in [6.45, 7) is 3.05. The smallest absolute Gasteiger partial charge is 0.123 e. The molecule has 3 heteroatoms. The van der Waals surface area contributed by atoms with Crippen molar-refractivity contribution < 1.29 is 0 Å². The van der Waals surface area contributed by atoms with Crippen LogP contribution >= 0.6 is 11.3 Å². The normalized spacial score (nSPS) is 15.1. The first-order chi connectivity index (χ1) is 8.33. The van der Waals surface area contributed by atoms with Crippen molar-refractivity contribution in [1.29, 1.82) is 0 Å². The maximum atomic E-state index is 4.70. The molecular formula is C14H16N2S. The minimum absolute atomic E-state index is 0.749. The van der Waals surface area contributed by atoms with E-state index in [-0.39, 0.29) is 0 Å². The molecule has 0 aliphatic heterocycles. The minimum atomic E-state index is 0.749. The second kappa shape index (κ2) is 4.59. The van der Waals surface area contributed by atoms with Crippen molar-refractivity contribution in [3.8, 4) is 10.6 Å². The highest BCUT2D eigenvalue weighted by molar-refractivity contribution is 7.13. The van der Waals surface area contributed by atoms with E-state index >= 15 is 0 Å². The highest BCUT2D eigenvalue weighted by Crippen LogP contribution is 2.27. The van der Waals surface area contributed by atoms with Gasteiger partial charge < -0.3 is 5.32 Å². The van der Waals surface area contributed by atoms with E-state index in [0.29, 0.717) is 0 Å². The number of aromatic nitrogens is 1. The van der Waals surface area contributed by atoms with Gasteiger partial charge in [0.05, 0.1) is 5.69 Å². The van der Waals surface area contributed by atoms with Crippen LogP contribution < -0.4 is 5.32 Å². The quantitative estimate of drug-likeness (QED) is 0.892. The summed E-state index contributed by atoms with van der Waals surface area (Å²) in [4.78, 5) is 4.70. The molecule has 1 aliphatic carbocycles. The maximum absolute atomic E-state index is 4.70. The largest absolute Gasteiger partial charge is 0.308 e. The van der Waals surface area contributed by atoms with E-state index in [9.17, 15) is 0 Å². The van der Waals surface area contributed by atoms with Crippen LogP contribution in [0.15, 0.2) is 29.6 Å². The summed E-state index contributed by atoms with van der Waals surface area (Å²) in [6, 6.07) is 9.18. The zero-order chi connectivity index (χ0) is 11.7. The van der Waals surface area contributed by atoms with Gasteiger partial charge >= 0.3 is 0 Å². The Hall–Kier alpha value is -1.19. The molecule has 0 radical (unpaired) electrons. The molecule has 2 nitrogen and oxygen atoms in total. The monoisotopic (exact) mass is 244 g/mol. The fourth-order valence-electron chi connectivity index (χ4n) is 1.86. The molecule has 3 rings (SSSR count). The molecule has 1 aromatic heterocycles. The predicted molar refractivity (Wildman–Crippen MR) is 72.1 cm³/mol. The summed E-state index contributed by atoms with van der Waals surface area (Å²) in [6.07, 6.45) is 2.66. The summed E-state index contributed by atoms with van der Waals surface area (Å²) in [5.41, 5.74) is 3.72. The van der Waals surface area contributed by atoms with Crippen LogP contribution in [0.25, 0.3) is 10.6 Å². The molecule has 2 aromatic rings. The van der Waals surface area contributed by atoms with Crippen LogP contribution in [0.3, 0.4) is 0 Å². The van der Waals surface area contributed by atoms with Gasteiger partial charge in [-0.3, -0.25) is 0 Å². The molecule has 0 amide bonds. The number of nitrogens with one attached hydrogen (secondary N) is 1. The van der Waals surface area contributed by atoms with Crippen molar-refractivity contribution in [2.45, 2.75) is 32.4 Å². The van der Waals surface area contributed by atoms with Gasteiger partial charge in [0.1, 0.15) is 5.01 Å². The molecule has 88 valence electrons. The number of nitrogens with zero attached hydrogens (tertiary/aromatic N) is 1. The molecule has 0 unspecified atom stereocenters. The number of benzene rings is 1. The fraction of sp³-hybridized carbons (Fsp3) is 0.357. The summed E-state index contributed by atoms with van der Waals surface area (Å²) >= 11 is 1.74. The number of thiazole rings is 1. The van der Waals surface area contributed by atoms with Crippen LogP contribution in [0.5, 0.6) is 0 Å². The molecule has 0 spiro atoms. The average Bonchev–Trinajstić information content (AvgIpc) is 3.06. The summed E-state index contributed by atoms with van der Waals surface area (Å²) in [7, 11) is 0. The van der Waals surface area contributed by atoms with Crippen molar-refractivity contribution in [1.82, 2.24) is 10.3 Å². The van der Waals surface area contributed by atoms with Gasteiger partial charge in [0.2, 0.25) is 0 Å². The molecule has 0 bridgehead atoms. The molecule has 17 heavy (non-hydrogen) atoms. The third-order valence-electron chi connectivity index (χ3n) is 3.08. The van der Waals surface area contributed by atoms with Crippen molar-refractivity contribution in [2.75, 3.05) is 0 Å².